The molecule has 1 heterocycles. The van der Waals surface area contributed by atoms with Gasteiger partial charge in [-0.25, -0.2) is 4.39 Å². The minimum Gasteiger partial charge on any atom is -0.317 e. The zero-order valence-electron chi connectivity index (χ0n) is 11.6. The molecule has 0 amide bonds. The Kier molecular flexibility index (Phi) is 5.03. The van der Waals surface area contributed by atoms with E-state index >= 15 is 0 Å². The summed E-state index contributed by atoms with van der Waals surface area (Å²) in [6, 6.07) is 4.28. The second-order valence-electron chi connectivity index (χ2n) is 5.12. The zero-order chi connectivity index (χ0) is 14.5. The molecule has 1 aliphatic rings. The number of nitrogens with zero attached hydrogens (tertiary/aromatic N) is 2. The van der Waals surface area contributed by atoms with Gasteiger partial charge in [0.2, 0.25) is 0 Å². The first kappa shape index (κ1) is 14.9. The molecule has 2 rings (SSSR count). The van der Waals surface area contributed by atoms with E-state index in [1.807, 2.05) is 0 Å². The van der Waals surface area contributed by atoms with Crippen LogP contribution in [-0.4, -0.2) is 35.5 Å². The van der Waals surface area contributed by atoms with E-state index in [1.165, 1.54) is 12.1 Å². The van der Waals surface area contributed by atoms with Crippen molar-refractivity contribution in [1.82, 2.24) is 10.2 Å². The molecule has 0 radical (unpaired) electrons. The SMILES string of the molecule is CCN(Cc1cc(F)cc([N+](=O)[O-])c1)C1CCNCC1. The van der Waals surface area contributed by atoms with Crippen molar-refractivity contribution in [1.29, 1.82) is 0 Å². The zero-order valence-corrected chi connectivity index (χ0v) is 11.6. The fraction of sp³-hybridized carbons (Fsp3) is 0.571. The first-order valence-corrected chi connectivity index (χ1v) is 6.98. The molecule has 0 saturated carbocycles. The minimum absolute atomic E-state index is 0.179. The molecule has 1 aromatic rings. The molecule has 110 valence electrons. The number of nitro benzene ring substituents is 1. The maximum Gasteiger partial charge on any atom is 0.272 e. The van der Waals surface area contributed by atoms with Gasteiger partial charge in [0.15, 0.2) is 0 Å². The van der Waals surface area contributed by atoms with Crippen LogP contribution in [0.5, 0.6) is 0 Å². The van der Waals surface area contributed by atoms with E-state index in [-0.39, 0.29) is 5.69 Å². The molecular weight excluding hydrogens is 261 g/mol. The summed E-state index contributed by atoms with van der Waals surface area (Å²) in [5, 5.41) is 14.1. The Bertz CT molecular complexity index is 475. The Balaban J connectivity index is 2.12. The summed E-state index contributed by atoms with van der Waals surface area (Å²) < 4.78 is 13.5. The summed E-state index contributed by atoms with van der Waals surface area (Å²) in [6.45, 7) is 5.46. The lowest BCUT2D eigenvalue weighted by Gasteiger charge is -2.33. The van der Waals surface area contributed by atoms with Crippen molar-refractivity contribution in [3.63, 3.8) is 0 Å². The molecule has 0 aromatic heterocycles. The number of hydrogen-bond acceptors (Lipinski definition) is 4. The standard InChI is InChI=1S/C14H20FN3O2/c1-2-17(13-3-5-16-6-4-13)10-11-7-12(15)9-14(8-11)18(19)20/h7-9,13,16H,2-6,10H2,1H3. The summed E-state index contributed by atoms with van der Waals surface area (Å²) in [4.78, 5) is 12.5. The third-order valence-electron chi connectivity index (χ3n) is 3.77. The fourth-order valence-electron chi connectivity index (χ4n) is 2.74. The van der Waals surface area contributed by atoms with Crippen molar-refractivity contribution in [2.75, 3.05) is 19.6 Å². The predicted octanol–water partition coefficient (Wildman–Crippen LogP) is 2.31. The van der Waals surface area contributed by atoms with E-state index in [2.05, 4.69) is 17.1 Å². The second kappa shape index (κ2) is 6.76. The van der Waals surface area contributed by atoms with Crippen LogP contribution in [0.4, 0.5) is 10.1 Å². The molecule has 1 saturated heterocycles. The smallest absolute Gasteiger partial charge is 0.272 e. The van der Waals surface area contributed by atoms with Crippen molar-refractivity contribution in [2.24, 2.45) is 0 Å². The Morgan fingerprint density at radius 1 is 1.40 bits per heavy atom. The molecule has 0 aliphatic carbocycles. The number of halogens is 1. The molecule has 0 unspecified atom stereocenters. The average molecular weight is 281 g/mol. The molecule has 20 heavy (non-hydrogen) atoms. The number of non-ortho nitro benzene ring substituents is 1. The van der Waals surface area contributed by atoms with Crippen LogP contribution in [0.1, 0.15) is 25.3 Å². The predicted molar refractivity (Wildman–Crippen MR) is 75.0 cm³/mol. The van der Waals surface area contributed by atoms with Gasteiger partial charge in [-0.05, 0) is 44.1 Å². The highest BCUT2D eigenvalue weighted by Crippen LogP contribution is 2.20. The van der Waals surface area contributed by atoms with Gasteiger partial charge in [0, 0.05) is 18.7 Å². The van der Waals surface area contributed by atoms with E-state index < -0.39 is 10.7 Å². The molecular formula is C14H20FN3O2. The number of piperidine rings is 1. The third kappa shape index (κ3) is 3.74. The van der Waals surface area contributed by atoms with Crippen LogP contribution in [0, 0.1) is 15.9 Å². The summed E-state index contributed by atoms with van der Waals surface area (Å²) >= 11 is 0. The van der Waals surface area contributed by atoms with Gasteiger partial charge in [0.05, 0.1) is 11.0 Å². The molecule has 1 aliphatic heterocycles. The van der Waals surface area contributed by atoms with Crippen LogP contribution < -0.4 is 5.32 Å². The molecule has 1 fully saturated rings. The van der Waals surface area contributed by atoms with Crippen LogP contribution in [0.25, 0.3) is 0 Å². The quantitative estimate of drug-likeness (QED) is 0.664. The van der Waals surface area contributed by atoms with Crippen LogP contribution in [0.15, 0.2) is 18.2 Å². The monoisotopic (exact) mass is 281 g/mol. The van der Waals surface area contributed by atoms with Crippen molar-refractivity contribution < 1.29 is 9.31 Å². The van der Waals surface area contributed by atoms with E-state index in [0.29, 0.717) is 18.2 Å². The van der Waals surface area contributed by atoms with Crippen molar-refractivity contribution in [3.8, 4) is 0 Å². The van der Waals surface area contributed by atoms with Crippen LogP contribution >= 0.6 is 0 Å². The largest absolute Gasteiger partial charge is 0.317 e. The van der Waals surface area contributed by atoms with Crippen LogP contribution in [0.3, 0.4) is 0 Å². The lowest BCUT2D eigenvalue weighted by atomic mass is 10.0. The van der Waals surface area contributed by atoms with Gasteiger partial charge in [-0.2, -0.15) is 0 Å². The fourth-order valence-corrected chi connectivity index (χ4v) is 2.74. The molecule has 0 bridgehead atoms. The summed E-state index contributed by atoms with van der Waals surface area (Å²) in [5.74, 6) is -0.546. The van der Waals surface area contributed by atoms with Crippen LogP contribution in [-0.2, 0) is 6.54 Å². The van der Waals surface area contributed by atoms with E-state index in [9.17, 15) is 14.5 Å². The van der Waals surface area contributed by atoms with Gasteiger partial charge in [-0.3, -0.25) is 15.0 Å². The first-order chi connectivity index (χ1) is 9.60. The second-order valence-corrected chi connectivity index (χ2v) is 5.12. The van der Waals surface area contributed by atoms with Gasteiger partial charge in [0.25, 0.3) is 5.69 Å². The lowest BCUT2D eigenvalue weighted by Crippen LogP contribution is -2.42. The van der Waals surface area contributed by atoms with Crippen molar-refractivity contribution >= 4 is 5.69 Å². The molecule has 1 aromatic carbocycles. The van der Waals surface area contributed by atoms with Crippen LogP contribution in [0.2, 0.25) is 0 Å². The Hall–Kier alpha value is -1.53. The number of nitrogens with one attached hydrogen (secondary N) is 1. The molecule has 0 spiro atoms. The number of rotatable bonds is 5. The minimum atomic E-state index is -0.548. The van der Waals surface area contributed by atoms with Gasteiger partial charge >= 0.3 is 0 Å². The van der Waals surface area contributed by atoms with E-state index in [4.69, 9.17) is 0 Å². The number of benzene rings is 1. The van der Waals surface area contributed by atoms with E-state index in [1.54, 1.807) is 0 Å². The van der Waals surface area contributed by atoms with E-state index in [0.717, 1.165) is 38.5 Å². The van der Waals surface area contributed by atoms with Crippen molar-refractivity contribution in [2.45, 2.75) is 32.4 Å². The summed E-state index contributed by atoms with van der Waals surface area (Å²) in [5.41, 5.74) is 0.485. The Morgan fingerprint density at radius 3 is 2.70 bits per heavy atom. The molecule has 5 nitrogen and oxygen atoms in total. The summed E-state index contributed by atoms with van der Waals surface area (Å²) in [6.07, 6.45) is 2.12. The lowest BCUT2D eigenvalue weighted by molar-refractivity contribution is -0.385. The molecule has 6 heteroatoms. The first-order valence-electron chi connectivity index (χ1n) is 6.98. The number of nitro groups is 1. The third-order valence-corrected chi connectivity index (χ3v) is 3.77. The Labute approximate surface area is 117 Å². The maximum atomic E-state index is 13.5. The molecule has 0 atom stereocenters. The van der Waals surface area contributed by atoms with Gasteiger partial charge in [-0.15, -0.1) is 0 Å². The Morgan fingerprint density at radius 2 is 2.10 bits per heavy atom. The summed E-state index contributed by atoms with van der Waals surface area (Å²) in [7, 11) is 0. The highest BCUT2D eigenvalue weighted by molar-refractivity contribution is 5.35. The average Bonchev–Trinajstić information content (AvgIpc) is 2.45. The van der Waals surface area contributed by atoms with Gasteiger partial charge in [0.1, 0.15) is 5.82 Å². The maximum absolute atomic E-state index is 13.5. The topological polar surface area (TPSA) is 58.4 Å². The van der Waals surface area contributed by atoms with Crippen molar-refractivity contribution in [3.05, 3.63) is 39.7 Å². The highest BCUT2D eigenvalue weighted by atomic mass is 19.1. The highest BCUT2D eigenvalue weighted by Gasteiger charge is 2.20. The van der Waals surface area contributed by atoms with Gasteiger partial charge < -0.3 is 5.32 Å². The normalized spacial score (nSPS) is 16.6. The van der Waals surface area contributed by atoms with Gasteiger partial charge in [-0.1, -0.05) is 6.92 Å². The molecule has 1 N–H and O–H groups in total. The number of hydrogen-bond donors (Lipinski definition) is 1.